The summed E-state index contributed by atoms with van der Waals surface area (Å²) < 4.78 is 0. The molecule has 1 saturated heterocycles. The lowest BCUT2D eigenvalue weighted by molar-refractivity contribution is -0.141. The molecule has 2 heterocycles. The maximum absolute atomic E-state index is 12.6. The molecule has 0 saturated carbocycles. The number of carbonyl (C=O) groups is 2. The molecule has 0 unspecified atom stereocenters. The van der Waals surface area contributed by atoms with E-state index in [4.69, 9.17) is 0 Å². The molecule has 3 rings (SSSR count). The van der Waals surface area contributed by atoms with Crippen LogP contribution < -0.4 is 0 Å². The molecule has 140 valence electrons. The molecule has 26 heavy (non-hydrogen) atoms. The summed E-state index contributed by atoms with van der Waals surface area (Å²) in [6.45, 7) is 9.68. The minimum atomic E-state index is -0.351. The molecule has 2 aliphatic rings. The van der Waals surface area contributed by atoms with Gasteiger partial charge < -0.3 is 4.90 Å². The highest BCUT2D eigenvalue weighted by molar-refractivity contribution is 6.02. The van der Waals surface area contributed by atoms with Crippen molar-refractivity contribution in [1.82, 2.24) is 14.8 Å². The zero-order valence-corrected chi connectivity index (χ0v) is 15.9. The SMILES string of the molecule is CC(C)(C)C(=O)N1CCN(CC(=O)N2CCC(c3ccccc3)=N2)CC1. The molecule has 2 amide bonds. The van der Waals surface area contributed by atoms with E-state index in [-0.39, 0.29) is 17.2 Å². The minimum absolute atomic E-state index is 0.0338. The molecule has 0 atom stereocenters. The molecule has 6 nitrogen and oxygen atoms in total. The number of hydrogen-bond donors (Lipinski definition) is 0. The number of hydrazone groups is 1. The van der Waals surface area contributed by atoms with Crippen LogP contribution in [0.3, 0.4) is 0 Å². The first-order valence-corrected chi connectivity index (χ1v) is 9.29. The van der Waals surface area contributed by atoms with Crippen molar-refractivity contribution < 1.29 is 9.59 Å². The van der Waals surface area contributed by atoms with Gasteiger partial charge >= 0.3 is 0 Å². The third kappa shape index (κ3) is 4.30. The van der Waals surface area contributed by atoms with Gasteiger partial charge in [0.05, 0.1) is 18.8 Å². The van der Waals surface area contributed by atoms with E-state index >= 15 is 0 Å². The molecule has 1 aromatic carbocycles. The fourth-order valence-corrected chi connectivity index (χ4v) is 3.33. The number of nitrogens with zero attached hydrogens (tertiary/aromatic N) is 4. The summed E-state index contributed by atoms with van der Waals surface area (Å²) >= 11 is 0. The van der Waals surface area contributed by atoms with Crippen molar-refractivity contribution in [3.8, 4) is 0 Å². The predicted octanol–water partition coefficient (Wildman–Crippen LogP) is 1.81. The molecule has 1 aromatic rings. The molecule has 1 fully saturated rings. The largest absolute Gasteiger partial charge is 0.340 e. The summed E-state index contributed by atoms with van der Waals surface area (Å²) in [7, 11) is 0. The van der Waals surface area contributed by atoms with Crippen molar-refractivity contribution >= 4 is 17.5 Å². The molecule has 0 bridgehead atoms. The minimum Gasteiger partial charge on any atom is -0.340 e. The van der Waals surface area contributed by atoms with Crippen LogP contribution >= 0.6 is 0 Å². The molecule has 0 spiro atoms. The van der Waals surface area contributed by atoms with Crippen LogP contribution in [0.1, 0.15) is 32.8 Å². The predicted molar refractivity (Wildman–Crippen MR) is 102 cm³/mol. The quantitative estimate of drug-likeness (QED) is 0.830. The van der Waals surface area contributed by atoms with Gasteiger partial charge in [0.25, 0.3) is 5.91 Å². The average molecular weight is 356 g/mol. The van der Waals surface area contributed by atoms with Gasteiger partial charge in [-0.05, 0) is 5.56 Å². The maximum atomic E-state index is 12.6. The average Bonchev–Trinajstić information content (AvgIpc) is 3.12. The Bertz CT molecular complexity index is 686. The van der Waals surface area contributed by atoms with E-state index in [1.807, 2.05) is 56.0 Å². The lowest BCUT2D eigenvalue weighted by Gasteiger charge is -2.37. The van der Waals surface area contributed by atoms with E-state index in [9.17, 15) is 9.59 Å². The lowest BCUT2D eigenvalue weighted by Crippen LogP contribution is -2.53. The molecule has 0 aliphatic carbocycles. The first-order valence-electron chi connectivity index (χ1n) is 9.29. The second-order valence-corrected chi connectivity index (χ2v) is 8.00. The summed E-state index contributed by atoms with van der Waals surface area (Å²) in [6, 6.07) is 10.0. The van der Waals surface area contributed by atoms with Crippen LogP contribution in [0.5, 0.6) is 0 Å². The molecule has 0 radical (unpaired) electrons. The van der Waals surface area contributed by atoms with Crippen LogP contribution in [0.2, 0.25) is 0 Å². The van der Waals surface area contributed by atoms with E-state index in [0.717, 1.165) is 30.8 Å². The summed E-state index contributed by atoms with van der Waals surface area (Å²) in [4.78, 5) is 28.9. The second kappa shape index (κ2) is 7.58. The van der Waals surface area contributed by atoms with Gasteiger partial charge in [0.1, 0.15) is 0 Å². The molecule has 6 heteroatoms. The van der Waals surface area contributed by atoms with Gasteiger partial charge in [-0.15, -0.1) is 0 Å². The van der Waals surface area contributed by atoms with Gasteiger partial charge in [0, 0.05) is 38.0 Å². The first kappa shape index (κ1) is 18.6. The number of rotatable bonds is 3. The normalized spacial score (nSPS) is 18.8. The van der Waals surface area contributed by atoms with Gasteiger partial charge in [-0.2, -0.15) is 5.10 Å². The summed E-state index contributed by atoms with van der Waals surface area (Å²) in [5.41, 5.74) is 1.70. The topological polar surface area (TPSA) is 56.2 Å². The van der Waals surface area contributed by atoms with E-state index in [0.29, 0.717) is 26.2 Å². The van der Waals surface area contributed by atoms with Gasteiger partial charge in [-0.25, -0.2) is 5.01 Å². The van der Waals surface area contributed by atoms with Crippen molar-refractivity contribution in [2.45, 2.75) is 27.2 Å². The van der Waals surface area contributed by atoms with Gasteiger partial charge in [-0.3, -0.25) is 14.5 Å². The lowest BCUT2D eigenvalue weighted by atomic mass is 9.94. The maximum Gasteiger partial charge on any atom is 0.256 e. The standard InChI is InChI=1S/C20H28N4O2/c1-20(2,3)19(26)23-13-11-22(12-14-23)15-18(25)24-10-9-17(21-24)16-7-5-4-6-8-16/h4-8H,9-15H2,1-3H3. The van der Waals surface area contributed by atoms with E-state index in [1.165, 1.54) is 0 Å². The zero-order chi connectivity index (χ0) is 18.7. The Balaban J connectivity index is 1.51. The monoisotopic (exact) mass is 356 g/mol. The molecule has 0 N–H and O–H groups in total. The van der Waals surface area contributed by atoms with Crippen LogP contribution in [0.25, 0.3) is 0 Å². The molecular formula is C20H28N4O2. The summed E-state index contributed by atoms with van der Waals surface area (Å²) in [6.07, 6.45) is 0.795. The van der Waals surface area contributed by atoms with Crippen LogP contribution in [0, 0.1) is 5.41 Å². The molecular weight excluding hydrogens is 328 g/mol. The Kier molecular flexibility index (Phi) is 5.41. The smallest absolute Gasteiger partial charge is 0.256 e. The third-order valence-corrected chi connectivity index (χ3v) is 4.86. The van der Waals surface area contributed by atoms with Gasteiger partial charge in [-0.1, -0.05) is 51.1 Å². The Morgan fingerprint density at radius 1 is 1.00 bits per heavy atom. The Morgan fingerprint density at radius 3 is 2.27 bits per heavy atom. The highest BCUT2D eigenvalue weighted by Gasteiger charge is 2.31. The van der Waals surface area contributed by atoms with Crippen molar-refractivity contribution in [2.75, 3.05) is 39.3 Å². The Hall–Kier alpha value is -2.21. The number of carbonyl (C=O) groups excluding carboxylic acids is 2. The van der Waals surface area contributed by atoms with Crippen molar-refractivity contribution in [2.24, 2.45) is 10.5 Å². The van der Waals surface area contributed by atoms with Crippen molar-refractivity contribution in [1.29, 1.82) is 0 Å². The van der Waals surface area contributed by atoms with E-state index < -0.39 is 0 Å². The number of piperazine rings is 1. The zero-order valence-electron chi connectivity index (χ0n) is 15.9. The van der Waals surface area contributed by atoms with Crippen molar-refractivity contribution in [3.05, 3.63) is 35.9 Å². The van der Waals surface area contributed by atoms with Crippen LogP contribution in [0.15, 0.2) is 35.4 Å². The first-order chi connectivity index (χ1) is 12.3. The molecule has 2 aliphatic heterocycles. The Labute approximate surface area is 155 Å². The highest BCUT2D eigenvalue weighted by Crippen LogP contribution is 2.19. The van der Waals surface area contributed by atoms with E-state index in [1.54, 1.807) is 5.01 Å². The van der Waals surface area contributed by atoms with Crippen LogP contribution in [-0.4, -0.2) is 71.6 Å². The number of amides is 2. The second-order valence-electron chi connectivity index (χ2n) is 8.00. The van der Waals surface area contributed by atoms with E-state index in [2.05, 4.69) is 10.0 Å². The fraction of sp³-hybridized carbons (Fsp3) is 0.550. The number of hydrogen-bond acceptors (Lipinski definition) is 4. The van der Waals surface area contributed by atoms with Gasteiger partial charge in [0.15, 0.2) is 0 Å². The summed E-state index contributed by atoms with van der Waals surface area (Å²) in [5, 5.41) is 6.10. The van der Waals surface area contributed by atoms with Crippen molar-refractivity contribution in [3.63, 3.8) is 0 Å². The third-order valence-electron chi connectivity index (χ3n) is 4.86. The van der Waals surface area contributed by atoms with Crippen LogP contribution in [0.4, 0.5) is 0 Å². The summed E-state index contributed by atoms with van der Waals surface area (Å²) in [5.74, 6) is 0.214. The fourth-order valence-electron chi connectivity index (χ4n) is 3.33. The van der Waals surface area contributed by atoms with Crippen LogP contribution in [-0.2, 0) is 9.59 Å². The highest BCUT2D eigenvalue weighted by atomic mass is 16.2. The Morgan fingerprint density at radius 2 is 1.65 bits per heavy atom. The van der Waals surface area contributed by atoms with Gasteiger partial charge in [0.2, 0.25) is 5.91 Å². The number of benzene rings is 1. The molecule has 0 aromatic heterocycles.